The molecule has 31 heavy (non-hydrogen) atoms. The van der Waals surface area contributed by atoms with E-state index in [0.717, 1.165) is 6.07 Å². The van der Waals surface area contributed by atoms with E-state index in [4.69, 9.17) is 17.0 Å². The number of ketones is 1. The van der Waals surface area contributed by atoms with Crippen LogP contribution in [-0.2, 0) is 16.7 Å². The molecule has 1 fully saturated rings. The van der Waals surface area contributed by atoms with E-state index in [9.17, 15) is 13.6 Å². The molecule has 160 valence electrons. The Balaban J connectivity index is 1.64. The maximum absolute atomic E-state index is 15.4. The van der Waals surface area contributed by atoms with Gasteiger partial charge in [0, 0.05) is 18.2 Å². The van der Waals surface area contributed by atoms with Gasteiger partial charge in [-0.3, -0.25) is 9.78 Å². The minimum absolute atomic E-state index is 0.128. The first-order valence-corrected chi connectivity index (χ1v) is 9.67. The molecule has 6 nitrogen and oxygen atoms in total. The molecule has 2 aromatic rings. The van der Waals surface area contributed by atoms with E-state index in [2.05, 4.69) is 14.8 Å². The van der Waals surface area contributed by atoms with Gasteiger partial charge in [0.15, 0.2) is 23.7 Å². The Morgan fingerprint density at radius 2 is 2.10 bits per heavy atom. The normalized spacial score (nSPS) is 26.4. The third kappa shape index (κ3) is 3.74. The topological polar surface area (TPSA) is 81.9 Å². The van der Waals surface area contributed by atoms with Crippen LogP contribution in [0, 0.1) is 12.4 Å². The zero-order valence-electron chi connectivity index (χ0n) is 16.6. The van der Waals surface area contributed by atoms with Crippen LogP contribution in [0.4, 0.5) is 18.9 Å². The van der Waals surface area contributed by atoms with Crippen LogP contribution in [0.3, 0.4) is 0 Å². The van der Waals surface area contributed by atoms with Crippen molar-refractivity contribution >= 4 is 17.5 Å². The van der Waals surface area contributed by atoms with E-state index in [0.29, 0.717) is 11.3 Å². The van der Waals surface area contributed by atoms with Crippen molar-refractivity contribution < 1.29 is 22.7 Å². The number of nitrogens with zero attached hydrogens (tertiary/aromatic N) is 3. The van der Waals surface area contributed by atoms with E-state index < -0.39 is 35.3 Å². The molecule has 0 amide bonds. The number of halogens is 3. The van der Waals surface area contributed by atoms with Crippen LogP contribution >= 0.6 is 0 Å². The molecule has 0 saturated heterocycles. The van der Waals surface area contributed by atoms with Crippen molar-refractivity contribution in [1.82, 2.24) is 4.98 Å². The van der Waals surface area contributed by atoms with Gasteiger partial charge in [-0.25, -0.2) is 23.0 Å². The minimum Gasteiger partial charge on any atom is -0.455 e. The van der Waals surface area contributed by atoms with Crippen LogP contribution in [0.25, 0.3) is 4.85 Å². The van der Waals surface area contributed by atoms with Crippen molar-refractivity contribution in [3.8, 4) is 0 Å². The summed E-state index contributed by atoms with van der Waals surface area (Å²) in [5, 5.41) is 0. The van der Waals surface area contributed by atoms with Crippen LogP contribution in [-0.4, -0.2) is 34.7 Å². The van der Waals surface area contributed by atoms with E-state index in [1.54, 1.807) is 0 Å². The maximum atomic E-state index is 15.4. The van der Waals surface area contributed by atoms with Crippen LogP contribution < -0.4 is 5.73 Å². The first-order valence-electron chi connectivity index (χ1n) is 9.67. The Labute approximate surface area is 176 Å². The Morgan fingerprint density at radius 1 is 1.35 bits per heavy atom. The lowest BCUT2D eigenvalue weighted by atomic mass is 9.81. The SMILES string of the molecule is [C-]#[N+]c1ccc(C(=O)Cc2ccc(F)c([C@@]3(C)N=C(N)O[C@H](C4(F)CC4)[C@@H]3F)c2)nc1. The van der Waals surface area contributed by atoms with Gasteiger partial charge in [-0.05, 0) is 43.5 Å². The lowest BCUT2D eigenvalue weighted by Gasteiger charge is -2.39. The van der Waals surface area contributed by atoms with Crippen LogP contribution in [0.2, 0.25) is 0 Å². The molecule has 0 unspecified atom stereocenters. The molecule has 9 heteroatoms. The fourth-order valence-electron chi connectivity index (χ4n) is 3.75. The summed E-state index contributed by atoms with van der Waals surface area (Å²) in [6, 6.07) is 6.36. The van der Waals surface area contributed by atoms with E-state index in [1.807, 2.05) is 0 Å². The van der Waals surface area contributed by atoms with Crippen molar-refractivity contribution in [2.75, 3.05) is 0 Å². The molecular formula is C22H19F3N4O2. The number of alkyl halides is 2. The van der Waals surface area contributed by atoms with Gasteiger partial charge >= 0.3 is 0 Å². The second kappa shape index (κ2) is 7.38. The number of benzene rings is 1. The smallest absolute Gasteiger partial charge is 0.283 e. The number of Topliss-reactive ketones (excluding diaryl/α,β-unsaturated/α-hetero) is 1. The minimum atomic E-state index is -1.98. The highest BCUT2D eigenvalue weighted by atomic mass is 19.2. The summed E-state index contributed by atoms with van der Waals surface area (Å²) in [5.41, 5.74) is 2.73. The number of amidine groups is 1. The number of rotatable bonds is 5. The van der Waals surface area contributed by atoms with E-state index >= 15 is 4.39 Å². The number of aliphatic imine (C=N–C) groups is 1. The average molecular weight is 428 g/mol. The molecule has 0 radical (unpaired) electrons. The number of aromatic nitrogens is 1. The summed E-state index contributed by atoms with van der Waals surface area (Å²) >= 11 is 0. The zero-order chi connectivity index (χ0) is 22.4. The Bertz CT molecular complexity index is 1110. The predicted molar refractivity (Wildman–Crippen MR) is 107 cm³/mol. The van der Waals surface area contributed by atoms with Gasteiger partial charge in [0.05, 0.1) is 6.57 Å². The monoisotopic (exact) mass is 428 g/mol. The fourth-order valence-corrected chi connectivity index (χ4v) is 3.75. The number of carbonyl (C=O) groups is 1. The van der Waals surface area contributed by atoms with Gasteiger partial charge in [0.1, 0.15) is 17.1 Å². The quantitative estimate of drug-likeness (QED) is 0.577. The van der Waals surface area contributed by atoms with Crippen LogP contribution in [0.5, 0.6) is 0 Å². The predicted octanol–water partition coefficient (Wildman–Crippen LogP) is 3.97. The molecular weight excluding hydrogens is 409 g/mol. The summed E-state index contributed by atoms with van der Waals surface area (Å²) in [5.74, 6) is -1.11. The summed E-state index contributed by atoms with van der Waals surface area (Å²) in [6.45, 7) is 8.26. The molecule has 1 aliphatic heterocycles. The maximum Gasteiger partial charge on any atom is 0.283 e. The highest BCUT2D eigenvalue weighted by molar-refractivity contribution is 5.96. The zero-order valence-corrected chi connectivity index (χ0v) is 16.6. The molecule has 4 rings (SSSR count). The second-order valence-electron chi connectivity index (χ2n) is 8.00. The molecule has 2 N–H and O–H groups in total. The average Bonchev–Trinajstić information content (AvgIpc) is 3.50. The Morgan fingerprint density at radius 3 is 2.71 bits per heavy atom. The number of nitrogens with two attached hydrogens (primary N) is 1. The standard InChI is InChI=1S/C22H19F3N4O2/c1-21(18(24)19(22(25)7-8-22)31-20(26)29-21)14-9-12(3-5-15(14)23)10-17(30)16-6-4-13(27-2)11-28-16/h3-6,9,11,18-19H,7-8,10H2,1H3,(H2,26,29)/t18-,19-,21+/m0/s1. The summed E-state index contributed by atoms with van der Waals surface area (Å²) in [4.78, 5) is 23.7. The number of ether oxygens (including phenoxy) is 1. The van der Waals surface area contributed by atoms with E-state index in [-0.39, 0.29) is 36.3 Å². The van der Waals surface area contributed by atoms with Gasteiger partial charge in [0.25, 0.3) is 6.02 Å². The van der Waals surface area contributed by atoms with E-state index in [1.165, 1.54) is 37.4 Å². The molecule has 0 bridgehead atoms. The first kappa shape index (κ1) is 20.8. The molecule has 1 aromatic carbocycles. The number of pyridine rings is 1. The fraction of sp³-hybridized carbons (Fsp3) is 0.364. The molecule has 1 aromatic heterocycles. The lowest BCUT2D eigenvalue weighted by Crippen LogP contribution is -2.54. The van der Waals surface area contributed by atoms with Gasteiger partial charge in [-0.1, -0.05) is 12.1 Å². The molecule has 2 heterocycles. The van der Waals surface area contributed by atoms with Gasteiger partial charge in [0.2, 0.25) is 5.69 Å². The summed E-state index contributed by atoms with van der Waals surface area (Å²) in [6.07, 6.45) is -2.03. The van der Waals surface area contributed by atoms with Gasteiger partial charge < -0.3 is 10.5 Å². The third-order valence-corrected chi connectivity index (χ3v) is 5.73. The van der Waals surface area contributed by atoms with Crippen LogP contribution in [0.1, 0.15) is 41.4 Å². The second-order valence-corrected chi connectivity index (χ2v) is 8.00. The first-order chi connectivity index (χ1) is 14.7. The van der Waals surface area contributed by atoms with Gasteiger partial charge in [-0.2, -0.15) is 0 Å². The lowest BCUT2D eigenvalue weighted by molar-refractivity contribution is -0.0388. The molecule has 1 aliphatic carbocycles. The number of hydrogen-bond acceptors (Lipinski definition) is 5. The molecule has 3 atom stereocenters. The Kier molecular flexibility index (Phi) is 4.96. The highest BCUT2D eigenvalue weighted by Crippen LogP contribution is 2.51. The van der Waals surface area contributed by atoms with Crippen molar-refractivity contribution in [1.29, 1.82) is 0 Å². The Hall–Kier alpha value is -3.41. The number of carbonyl (C=O) groups excluding carboxylic acids is 1. The third-order valence-electron chi connectivity index (χ3n) is 5.73. The van der Waals surface area contributed by atoms with Crippen LogP contribution in [0.15, 0.2) is 41.5 Å². The molecule has 2 aliphatic rings. The summed E-state index contributed by atoms with van der Waals surface area (Å²) < 4.78 is 49.9. The van der Waals surface area contributed by atoms with Crippen molar-refractivity contribution in [2.24, 2.45) is 10.7 Å². The van der Waals surface area contributed by atoms with Gasteiger partial charge in [-0.15, -0.1) is 0 Å². The largest absolute Gasteiger partial charge is 0.455 e. The van der Waals surface area contributed by atoms with Crippen molar-refractivity contribution in [3.05, 3.63) is 70.6 Å². The molecule has 0 spiro atoms. The highest BCUT2D eigenvalue weighted by Gasteiger charge is 2.62. The van der Waals surface area contributed by atoms with Crippen molar-refractivity contribution in [2.45, 2.75) is 49.7 Å². The summed E-state index contributed by atoms with van der Waals surface area (Å²) in [7, 11) is 0. The number of hydrogen-bond donors (Lipinski definition) is 1. The van der Waals surface area contributed by atoms with Crippen molar-refractivity contribution in [3.63, 3.8) is 0 Å². The molecule has 1 saturated carbocycles.